The fourth-order valence-electron chi connectivity index (χ4n) is 1.86. The first-order valence-corrected chi connectivity index (χ1v) is 5.74. The van der Waals surface area contributed by atoms with Crippen LogP contribution in [0.25, 0.3) is 0 Å². The van der Waals surface area contributed by atoms with Crippen LogP contribution in [0.3, 0.4) is 0 Å². The molecule has 82 valence electrons. The highest BCUT2D eigenvalue weighted by Gasteiger charge is 2.27. The molecule has 0 saturated heterocycles. The number of ether oxygens (including phenoxy) is 1. The van der Waals surface area contributed by atoms with E-state index in [4.69, 9.17) is 9.84 Å². The Labute approximate surface area is 91.9 Å². The van der Waals surface area contributed by atoms with Crippen LogP contribution in [0.4, 0.5) is 4.79 Å². The van der Waals surface area contributed by atoms with E-state index in [-0.39, 0.29) is 12.1 Å². The molecule has 15 heavy (non-hydrogen) atoms. The topological polar surface area (TPSA) is 58.6 Å². The Bertz CT molecular complexity index is 363. The minimum atomic E-state index is -1.01. The van der Waals surface area contributed by atoms with Gasteiger partial charge >= 0.3 is 6.09 Å². The summed E-state index contributed by atoms with van der Waals surface area (Å²) in [6, 6.07) is 1.81. The van der Waals surface area contributed by atoms with Gasteiger partial charge in [-0.15, -0.1) is 11.3 Å². The molecule has 0 fully saturated rings. The summed E-state index contributed by atoms with van der Waals surface area (Å²) in [6.07, 6.45) is -0.215. The monoisotopic (exact) mass is 227 g/mol. The summed E-state index contributed by atoms with van der Waals surface area (Å²) in [5.74, 6) is 0. The van der Waals surface area contributed by atoms with Crippen molar-refractivity contribution in [3.63, 3.8) is 0 Å². The Kier molecular flexibility index (Phi) is 2.93. The number of thiophene rings is 1. The number of hydrogen-bond donors (Lipinski definition) is 2. The Balaban J connectivity index is 2.15. The Hall–Kier alpha value is -1.07. The van der Waals surface area contributed by atoms with E-state index in [9.17, 15) is 4.79 Å². The number of carbonyl (C=O) groups is 1. The van der Waals surface area contributed by atoms with E-state index in [0.717, 1.165) is 12.0 Å². The van der Waals surface area contributed by atoms with Gasteiger partial charge in [0.25, 0.3) is 0 Å². The van der Waals surface area contributed by atoms with E-state index >= 15 is 0 Å². The number of hydrogen-bond acceptors (Lipinski definition) is 3. The van der Waals surface area contributed by atoms with Gasteiger partial charge in [0.05, 0.1) is 12.6 Å². The standard InChI is InChI=1S/C10H13NO3S/c1-6(11-10(12)13)9-7-3-5-15-8(7)2-4-14-9/h3,5-6,9,11H,2,4H2,1H3,(H,12,13). The smallest absolute Gasteiger partial charge is 0.404 e. The van der Waals surface area contributed by atoms with E-state index in [1.165, 1.54) is 4.88 Å². The molecule has 1 aromatic heterocycles. The highest BCUT2D eigenvalue weighted by Crippen LogP contribution is 2.32. The SMILES string of the molecule is CC(NC(=O)O)C1OCCc2sccc21. The third-order valence-corrected chi connectivity index (χ3v) is 3.51. The molecule has 2 unspecified atom stereocenters. The van der Waals surface area contributed by atoms with Gasteiger partial charge in [-0.2, -0.15) is 0 Å². The van der Waals surface area contributed by atoms with Gasteiger partial charge in [-0.3, -0.25) is 0 Å². The van der Waals surface area contributed by atoms with E-state index in [0.29, 0.717) is 6.61 Å². The second-order valence-corrected chi connectivity index (χ2v) is 4.58. The lowest BCUT2D eigenvalue weighted by atomic mass is 10.0. The summed E-state index contributed by atoms with van der Waals surface area (Å²) >= 11 is 1.71. The van der Waals surface area contributed by atoms with E-state index in [1.54, 1.807) is 11.3 Å². The lowest BCUT2D eigenvalue weighted by Gasteiger charge is -2.28. The first-order chi connectivity index (χ1) is 7.18. The van der Waals surface area contributed by atoms with Crippen molar-refractivity contribution in [3.05, 3.63) is 21.9 Å². The van der Waals surface area contributed by atoms with E-state index < -0.39 is 6.09 Å². The molecule has 1 aliphatic rings. The lowest BCUT2D eigenvalue weighted by Crippen LogP contribution is -2.38. The molecule has 0 aromatic carbocycles. The molecule has 2 heterocycles. The van der Waals surface area contributed by atoms with E-state index in [1.807, 2.05) is 18.4 Å². The zero-order chi connectivity index (χ0) is 10.8. The van der Waals surface area contributed by atoms with E-state index in [2.05, 4.69) is 5.32 Å². The quantitative estimate of drug-likeness (QED) is 0.812. The maximum atomic E-state index is 10.5. The predicted molar refractivity (Wildman–Crippen MR) is 57.3 cm³/mol. The average molecular weight is 227 g/mol. The number of nitrogens with one attached hydrogen (secondary N) is 1. The summed E-state index contributed by atoms with van der Waals surface area (Å²) in [4.78, 5) is 11.8. The zero-order valence-corrected chi connectivity index (χ0v) is 9.21. The lowest BCUT2D eigenvalue weighted by molar-refractivity contribution is 0.0215. The fourth-order valence-corrected chi connectivity index (χ4v) is 2.76. The molecule has 0 saturated carbocycles. The highest BCUT2D eigenvalue weighted by molar-refractivity contribution is 7.10. The van der Waals surface area contributed by atoms with Crippen molar-refractivity contribution < 1.29 is 14.6 Å². The molecule has 2 rings (SSSR count). The molecular formula is C10H13NO3S. The van der Waals surface area contributed by atoms with Crippen LogP contribution in [0.15, 0.2) is 11.4 Å². The minimum Gasteiger partial charge on any atom is -0.465 e. The third kappa shape index (κ3) is 2.13. The van der Waals surface area contributed by atoms with Crippen molar-refractivity contribution in [1.29, 1.82) is 0 Å². The van der Waals surface area contributed by atoms with Gasteiger partial charge in [0.1, 0.15) is 6.10 Å². The van der Waals surface area contributed by atoms with Crippen molar-refractivity contribution >= 4 is 17.4 Å². The van der Waals surface area contributed by atoms with Crippen LogP contribution in [-0.4, -0.2) is 23.8 Å². The summed E-state index contributed by atoms with van der Waals surface area (Å²) in [5, 5.41) is 13.1. The molecule has 4 nitrogen and oxygen atoms in total. The number of fused-ring (bicyclic) bond motifs is 1. The molecule has 0 bridgehead atoms. The minimum absolute atomic E-state index is 0.143. The highest BCUT2D eigenvalue weighted by atomic mass is 32.1. The summed E-state index contributed by atoms with van der Waals surface area (Å²) in [5.41, 5.74) is 1.13. The van der Waals surface area contributed by atoms with Gasteiger partial charge in [0.15, 0.2) is 0 Å². The predicted octanol–water partition coefficient (Wildman–Crippen LogP) is 2.02. The molecule has 0 spiro atoms. The number of amides is 1. The van der Waals surface area contributed by atoms with Crippen LogP contribution in [0.5, 0.6) is 0 Å². The van der Waals surface area contributed by atoms with Crippen molar-refractivity contribution in [2.24, 2.45) is 0 Å². The molecular weight excluding hydrogens is 214 g/mol. The molecule has 0 aliphatic carbocycles. The Morgan fingerprint density at radius 3 is 3.33 bits per heavy atom. The third-order valence-electron chi connectivity index (χ3n) is 2.52. The van der Waals surface area contributed by atoms with Gasteiger partial charge in [-0.25, -0.2) is 4.79 Å². The van der Waals surface area contributed by atoms with Crippen LogP contribution < -0.4 is 5.32 Å². The van der Waals surface area contributed by atoms with Gasteiger partial charge in [0, 0.05) is 11.3 Å². The number of carboxylic acid groups (broad SMARTS) is 1. The largest absolute Gasteiger partial charge is 0.465 e. The average Bonchev–Trinajstić information content (AvgIpc) is 2.63. The fraction of sp³-hybridized carbons (Fsp3) is 0.500. The molecule has 5 heteroatoms. The molecule has 1 aliphatic heterocycles. The van der Waals surface area contributed by atoms with Gasteiger partial charge in [-0.05, 0) is 23.9 Å². The van der Waals surface area contributed by atoms with Gasteiger partial charge in [-0.1, -0.05) is 0 Å². The van der Waals surface area contributed by atoms with Crippen molar-refractivity contribution in [2.45, 2.75) is 25.5 Å². The Morgan fingerprint density at radius 2 is 2.60 bits per heavy atom. The van der Waals surface area contributed by atoms with Crippen molar-refractivity contribution in [2.75, 3.05) is 6.61 Å². The van der Waals surface area contributed by atoms with Crippen LogP contribution in [-0.2, 0) is 11.2 Å². The van der Waals surface area contributed by atoms with Crippen LogP contribution in [0.2, 0.25) is 0 Å². The number of rotatable bonds is 2. The maximum Gasteiger partial charge on any atom is 0.404 e. The van der Waals surface area contributed by atoms with Gasteiger partial charge < -0.3 is 15.2 Å². The summed E-state index contributed by atoms with van der Waals surface area (Å²) in [6.45, 7) is 2.50. The van der Waals surface area contributed by atoms with Crippen molar-refractivity contribution in [3.8, 4) is 0 Å². The summed E-state index contributed by atoms with van der Waals surface area (Å²) in [7, 11) is 0. The molecule has 2 atom stereocenters. The molecule has 1 aromatic rings. The van der Waals surface area contributed by atoms with Gasteiger partial charge in [0.2, 0.25) is 0 Å². The van der Waals surface area contributed by atoms with Crippen molar-refractivity contribution in [1.82, 2.24) is 5.32 Å². The summed E-state index contributed by atoms with van der Waals surface area (Å²) < 4.78 is 5.61. The second-order valence-electron chi connectivity index (χ2n) is 3.58. The zero-order valence-electron chi connectivity index (χ0n) is 8.40. The maximum absolute atomic E-state index is 10.5. The second kappa shape index (κ2) is 4.20. The molecule has 1 amide bonds. The first-order valence-electron chi connectivity index (χ1n) is 4.86. The van der Waals surface area contributed by atoms with Crippen LogP contribution in [0.1, 0.15) is 23.5 Å². The molecule has 0 radical (unpaired) electrons. The molecule has 2 N–H and O–H groups in total. The Morgan fingerprint density at radius 1 is 1.80 bits per heavy atom. The normalized spacial score (nSPS) is 21.8. The van der Waals surface area contributed by atoms with Crippen LogP contribution in [0, 0.1) is 0 Å². The van der Waals surface area contributed by atoms with Crippen LogP contribution >= 0.6 is 11.3 Å². The first kappa shape index (κ1) is 10.4.